The summed E-state index contributed by atoms with van der Waals surface area (Å²) in [7, 11) is 0. The molecule has 3 amide bonds. The van der Waals surface area contributed by atoms with Crippen molar-refractivity contribution >= 4 is 17.9 Å². The van der Waals surface area contributed by atoms with Crippen LogP contribution in [0.4, 0.5) is 4.79 Å². The molecule has 0 aromatic heterocycles. The van der Waals surface area contributed by atoms with Crippen LogP contribution in [0, 0.1) is 11.8 Å². The van der Waals surface area contributed by atoms with E-state index in [1.54, 1.807) is 4.90 Å². The molecule has 116 valence electrons. The Hall–Kier alpha value is -1.79. The summed E-state index contributed by atoms with van der Waals surface area (Å²) in [6, 6.07) is -1.78. The second kappa shape index (κ2) is 8.39. The zero-order valence-corrected chi connectivity index (χ0v) is 12.5. The van der Waals surface area contributed by atoms with E-state index in [9.17, 15) is 14.4 Å². The highest BCUT2D eigenvalue weighted by molar-refractivity contribution is 5.87. The molecule has 0 heterocycles. The first kappa shape index (κ1) is 18.2. The maximum absolute atomic E-state index is 12.1. The van der Waals surface area contributed by atoms with Gasteiger partial charge in [0.25, 0.3) is 0 Å². The molecule has 0 unspecified atom stereocenters. The molecule has 0 radical (unpaired) electrons. The Morgan fingerprint density at radius 3 is 1.85 bits per heavy atom. The molecule has 0 bridgehead atoms. The highest BCUT2D eigenvalue weighted by atomic mass is 16.4. The molecule has 0 aromatic rings. The molecule has 7 heteroatoms. The van der Waals surface area contributed by atoms with Crippen LogP contribution in [0.15, 0.2) is 0 Å². The van der Waals surface area contributed by atoms with E-state index >= 15 is 0 Å². The minimum Gasteiger partial charge on any atom is -0.480 e. The number of carboxylic acid groups (broad SMARTS) is 1. The second-order valence-corrected chi connectivity index (χ2v) is 5.70. The first-order chi connectivity index (χ1) is 9.13. The van der Waals surface area contributed by atoms with E-state index in [4.69, 9.17) is 10.8 Å². The molecule has 0 aliphatic rings. The number of urea groups is 1. The normalized spacial score (nSPS) is 12.3. The summed E-state index contributed by atoms with van der Waals surface area (Å²) in [4.78, 5) is 35.5. The average Bonchev–Trinajstić information content (AvgIpc) is 2.24. The van der Waals surface area contributed by atoms with Gasteiger partial charge in [0.15, 0.2) is 0 Å². The topological polar surface area (TPSA) is 113 Å². The number of carboxylic acids is 1. The number of nitrogens with two attached hydrogens (primary N) is 1. The Bertz CT molecular complexity index is 346. The molecular formula is C13H25N3O4. The summed E-state index contributed by atoms with van der Waals surface area (Å²) in [5, 5.41) is 11.3. The lowest BCUT2D eigenvalue weighted by molar-refractivity contribution is -0.141. The van der Waals surface area contributed by atoms with Gasteiger partial charge in [0.05, 0.1) is 6.42 Å². The first-order valence-electron chi connectivity index (χ1n) is 6.70. The number of carbonyl (C=O) groups is 3. The van der Waals surface area contributed by atoms with E-state index in [0.29, 0.717) is 13.1 Å². The molecule has 0 rings (SSSR count). The Balaban J connectivity index is 4.77. The van der Waals surface area contributed by atoms with Crippen molar-refractivity contribution in [2.45, 2.75) is 40.2 Å². The number of carbonyl (C=O) groups excluding carboxylic acids is 2. The molecule has 7 nitrogen and oxygen atoms in total. The summed E-state index contributed by atoms with van der Waals surface area (Å²) in [6.45, 7) is 8.93. The van der Waals surface area contributed by atoms with Crippen molar-refractivity contribution in [3.8, 4) is 0 Å². The predicted molar refractivity (Wildman–Crippen MR) is 75.0 cm³/mol. The Labute approximate surface area is 119 Å². The molecule has 20 heavy (non-hydrogen) atoms. The van der Waals surface area contributed by atoms with E-state index < -0.39 is 30.4 Å². The summed E-state index contributed by atoms with van der Waals surface area (Å²) < 4.78 is 0. The van der Waals surface area contributed by atoms with Crippen LogP contribution in [-0.4, -0.2) is 47.0 Å². The Kier molecular flexibility index (Phi) is 7.64. The van der Waals surface area contributed by atoms with Crippen LogP contribution in [0.2, 0.25) is 0 Å². The molecule has 0 aromatic carbocycles. The minimum absolute atomic E-state index is 0.263. The van der Waals surface area contributed by atoms with Gasteiger partial charge >= 0.3 is 12.0 Å². The van der Waals surface area contributed by atoms with E-state index in [2.05, 4.69) is 5.32 Å². The van der Waals surface area contributed by atoms with Gasteiger partial charge < -0.3 is 21.1 Å². The smallest absolute Gasteiger partial charge is 0.326 e. The highest BCUT2D eigenvalue weighted by Gasteiger charge is 2.25. The molecule has 0 fully saturated rings. The SMILES string of the molecule is CC(C)CN(CC(C)C)C(=O)N[C@H](CC(N)=O)C(=O)O. The summed E-state index contributed by atoms with van der Waals surface area (Å²) in [6.07, 6.45) is -0.418. The zero-order chi connectivity index (χ0) is 15.9. The number of nitrogens with one attached hydrogen (secondary N) is 1. The van der Waals surface area contributed by atoms with Gasteiger partial charge in [-0.25, -0.2) is 9.59 Å². The maximum Gasteiger partial charge on any atom is 0.326 e. The molecule has 0 aliphatic carbocycles. The van der Waals surface area contributed by atoms with Crippen LogP contribution in [0.1, 0.15) is 34.1 Å². The third-order valence-electron chi connectivity index (χ3n) is 2.46. The van der Waals surface area contributed by atoms with Gasteiger partial charge in [-0.2, -0.15) is 0 Å². The van der Waals surface area contributed by atoms with Gasteiger partial charge in [-0.15, -0.1) is 0 Å². The lowest BCUT2D eigenvalue weighted by atomic mass is 10.1. The molecule has 1 atom stereocenters. The van der Waals surface area contributed by atoms with Crippen LogP contribution in [0.25, 0.3) is 0 Å². The van der Waals surface area contributed by atoms with Crippen molar-refractivity contribution in [3.63, 3.8) is 0 Å². The van der Waals surface area contributed by atoms with Crippen LogP contribution in [0.5, 0.6) is 0 Å². The minimum atomic E-state index is -1.29. The molecule has 0 saturated heterocycles. The van der Waals surface area contributed by atoms with Gasteiger partial charge in [-0.1, -0.05) is 27.7 Å². The van der Waals surface area contributed by atoms with Crippen LogP contribution in [-0.2, 0) is 9.59 Å². The number of aliphatic carboxylic acids is 1. The van der Waals surface area contributed by atoms with Gasteiger partial charge in [-0.3, -0.25) is 4.79 Å². The number of hydrogen-bond donors (Lipinski definition) is 3. The van der Waals surface area contributed by atoms with E-state index in [0.717, 1.165) is 0 Å². The van der Waals surface area contributed by atoms with Gasteiger partial charge in [0.1, 0.15) is 6.04 Å². The van der Waals surface area contributed by atoms with E-state index in [1.165, 1.54) is 0 Å². The largest absolute Gasteiger partial charge is 0.480 e. The van der Waals surface area contributed by atoms with Crippen LogP contribution < -0.4 is 11.1 Å². The second-order valence-electron chi connectivity index (χ2n) is 5.70. The lowest BCUT2D eigenvalue weighted by Gasteiger charge is -2.28. The fraction of sp³-hybridized carbons (Fsp3) is 0.769. The van der Waals surface area contributed by atoms with Crippen molar-refractivity contribution in [1.82, 2.24) is 10.2 Å². The van der Waals surface area contributed by atoms with Crippen molar-refractivity contribution in [2.24, 2.45) is 17.6 Å². The van der Waals surface area contributed by atoms with Crippen molar-refractivity contribution in [3.05, 3.63) is 0 Å². The third-order valence-corrected chi connectivity index (χ3v) is 2.46. The van der Waals surface area contributed by atoms with Gasteiger partial charge in [0, 0.05) is 13.1 Å². The fourth-order valence-electron chi connectivity index (χ4n) is 1.76. The Morgan fingerprint density at radius 2 is 1.55 bits per heavy atom. The zero-order valence-electron chi connectivity index (χ0n) is 12.5. The predicted octanol–water partition coefficient (Wildman–Crippen LogP) is 0.639. The first-order valence-corrected chi connectivity index (χ1v) is 6.70. The summed E-state index contributed by atoms with van der Waals surface area (Å²) >= 11 is 0. The maximum atomic E-state index is 12.1. The summed E-state index contributed by atoms with van der Waals surface area (Å²) in [5.41, 5.74) is 4.98. The standard InChI is InChI=1S/C13H25N3O4/c1-8(2)6-16(7-9(3)4)13(20)15-10(12(18)19)5-11(14)17/h8-10H,5-7H2,1-4H3,(H2,14,17)(H,15,20)(H,18,19)/t10-/m1/s1. The molecule has 0 saturated carbocycles. The number of hydrogen-bond acceptors (Lipinski definition) is 3. The third kappa shape index (κ3) is 7.60. The Morgan fingerprint density at radius 1 is 1.10 bits per heavy atom. The number of rotatable bonds is 8. The number of amides is 3. The monoisotopic (exact) mass is 287 g/mol. The number of nitrogens with zero attached hydrogens (tertiary/aromatic N) is 1. The summed E-state index contributed by atoms with van der Waals surface area (Å²) in [5.74, 6) is -1.51. The molecule has 0 spiro atoms. The van der Waals surface area contributed by atoms with E-state index in [-0.39, 0.29) is 11.8 Å². The quantitative estimate of drug-likeness (QED) is 0.608. The number of primary amides is 1. The lowest BCUT2D eigenvalue weighted by Crippen LogP contribution is -2.50. The highest BCUT2D eigenvalue weighted by Crippen LogP contribution is 2.05. The van der Waals surface area contributed by atoms with Crippen molar-refractivity contribution < 1.29 is 19.5 Å². The molecule has 0 aliphatic heterocycles. The molecule has 4 N–H and O–H groups in total. The van der Waals surface area contributed by atoms with Crippen LogP contribution in [0.3, 0.4) is 0 Å². The van der Waals surface area contributed by atoms with Crippen molar-refractivity contribution in [2.75, 3.05) is 13.1 Å². The van der Waals surface area contributed by atoms with Gasteiger partial charge in [0.2, 0.25) is 5.91 Å². The average molecular weight is 287 g/mol. The fourth-order valence-corrected chi connectivity index (χ4v) is 1.76. The van der Waals surface area contributed by atoms with Gasteiger partial charge in [-0.05, 0) is 11.8 Å². The van der Waals surface area contributed by atoms with E-state index in [1.807, 2.05) is 27.7 Å². The van der Waals surface area contributed by atoms with Crippen molar-refractivity contribution in [1.29, 1.82) is 0 Å². The molecular weight excluding hydrogens is 262 g/mol. The van der Waals surface area contributed by atoms with Crippen LogP contribution >= 0.6 is 0 Å².